The minimum Gasteiger partial charge on any atom is -0.480 e. The first-order chi connectivity index (χ1) is 9.43. The molecule has 2 atom stereocenters. The number of aliphatic carboxylic acids is 1. The molecule has 1 aliphatic rings. The molecule has 0 unspecified atom stereocenters. The molecule has 0 aromatic rings. The van der Waals surface area contributed by atoms with E-state index in [0.29, 0.717) is 6.42 Å². The first kappa shape index (κ1) is 15.9. The van der Waals surface area contributed by atoms with Crippen LogP contribution in [0.2, 0.25) is 0 Å². The smallest absolute Gasteiger partial charge is 0.326 e. The molecule has 2 amide bonds. The van der Waals surface area contributed by atoms with E-state index in [4.69, 9.17) is 5.11 Å². The van der Waals surface area contributed by atoms with Gasteiger partial charge < -0.3 is 20.5 Å². The van der Waals surface area contributed by atoms with Gasteiger partial charge in [0.05, 0.1) is 6.61 Å². The van der Waals surface area contributed by atoms with Crippen LogP contribution in [0.3, 0.4) is 0 Å². The van der Waals surface area contributed by atoms with Crippen LogP contribution in [0.15, 0.2) is 0 Å². The van der Waals surface area contributed by atoms with E-state index in [0.717, 1.165) is 0 Å². The number of carbonyl (C=O) groups excluding carboxylic acids is 3. The van der Waals surface area contributed by atoms with Gasteiger partial charge in [0, 0.05) is 12.8 Å². The Morgan fingerprint density at radius 3 is 2.70 bits per heavy atom. The number of hydrogen-bond acceptors (Lipinski definition) is 5. The van der Waals surface area contributed by atoms with Crippen molar-refractivity contribution in [3.8, 4) is 0 Å². The second-order valence-corrected chi connectivity index (χ2v) is 4.40. The van der Waals surface area contributed by atoms with E-state index in [2.05, 4.69) is 15.4 Å². The standard InChI is InChI=1S/C12H18N2O6/c1-2-20-10(16)6-4-8(12(18)19)14-11(17)7-3-5-9(15)13-7/h7-8H,2-6H2,1H3,(H,13,15)(H,14,17)(H,18,19)/t7-,8+/m1/s1. The van der Waals surface area contributed by atoms with Crippen molar-refractivity contribution in [3.63, 3.8) is 0 Å². The van der Waals surface area contributed by atoms with Gasteiger partial charge in [0.25, 0.3) is 0 Å². The molecule has 0 aromatic heterocycles. The summed E-state index contributed by atoms with van der Waals surface area (Å²) in [4.78, 5) is 45.0. The van der Waals surface area contributed by atoms with Crippen molar-refractivity contribution in [2.75, 3.05) is 6.61 Å². The van der Waals surface area contributed by atoms with Crippen LogP contribution in [0.4, 0.5) is 0 Å². The Balaban J connectivity index is 2.46. The molecule has 0 aromatic carbocycles. The number of esters is 1. The first-order valence-electron chi connectivity index (χ1n) is 6.42. The van der Waals surface area contributed by atoms with Gasteiger partial charge in [0.1, 0.15) is 12.1 Å². The summed E-state index contributed by atoms with van der Waals surface area (Å²) in [6.45, 7) is 1.87. The Kier molecular flexibility index (Phi) is 5.95. The van der Waals surface area contributed by atoms with Crippen LogP contribution in [-0.4, -0.2) is 47.6 Å². The monoisotopic (exact) mass is 286 g/mol. The fourth-order valence-electron chi connectivity index (χ4n) is 1.84. The zero-order valence-electron chi connectivity index (χ0n) is 11.2. The van der Waals surface area contributed by atoms with Crippen molar-refractivity contribution in [2.24, 2.45) is 0 Å². The van der Waals surface area contributed by atoms with Gasteiger partial charge >= 0.3 is 11.9 Å². The Morgan fingerprint density at radius 1 is 1.50 bits per heavy atom. The number of carboxylic acid groups (broad SMARTS) is 1. The summed E-state index contributed by atoms with van der Waals surface area (Å²) >= 11 is 0. The molecular formula is C12H18N2O6. The molecule has 0 radical (unpaired) electrons. The van der Waals surface area contributed by atoms with E-state index in [1.165, 1.54) is 0 Å². The Labute approximate surface area is 115 Å². The summed E-state index contributed by atoms with van der Waals surface area (Å²) in [6.07, 6.45) is 0.441. The molecule has 1 saturated heterocycles. The lowest BCUT2D eigenvalue weighted by atomic mass is 10.1. The molecule has 8 heteroatoms. The van der Waals surface area contributed by atoms with E-state index in [1.807, 2.05) is 0 Å². The van der Waals surface area contributed by atoms with Crippen LogP contribution in [0.1, 0.15) is 32.6 Å². The molecule has 1 rings (SSSR count). The zero-order valence-corrected chi connectivity index (χ0v) is 11.2. The molecule has 1 heterocycles. The van der Waals surface area contributed by atoms with Crippen LogP contribution in [-0.2, 0) is 23.9 Å². The quantitative estimate of drug-likeness (QED) is 0.525. The van der Waals surface area contributed by atoms with Gasteiger partial charge in [-0.15, -0.1) is 0 Å². The van der Waals surface area contributed by atoms with Gasteiger partial charge in [0.2, 0.25) is 11.8 Å². The summed E-state index contributed by atoms with van der Waals surface area (Å²) in [7, 11) is 0. The number of rotatable bonds is 7. The number of hydrogen-bond donors (Lipinski definition) is 3. The lowest BCUT2D eigenvalue weighted by molar-refractivity contribution is -0.145. The van der Waals surface area contributed by atoms with E-state index in [1.54, 1.807) is 6.92 Å². The molecule has 112 valence electrons. The highest BCUT2D eigenvalue weighted by Gasteiger charge is 2.30. The maximum absolute atomic E-state index is 11.8. The van der Waals surface area contributed by atoms with Crippen LogP contribution < -0.4 is 10.6 Å². The molecular weight excluding hydrogens is 268 g/mol. The number of carbonyl (C=O) groups is 4. The highest BCUT2D eigenvalue weighted by molar-refractivity contribution is 5.92. The summed E-state index contributed by atoms with van der Waals surface area (Å²) < 4.78 is 4.69. The molecule has 8 nitrogen and oxygen atoms in total. The van der Waals surface area contributed by atoms with Crippen LogP contribution in [0.25, 0.3) is 0 Å². The number of ether oxygens (including phenoxy) is 1. The molecule has 3 N–H and O–H groups in total. The van der Waals surface area contributed by atoms with E-state index in [9.17, 15) is 19.2 Å². The predicted molar refractivity (Wildman–Crippen MR) is 66.6 cm³/mol. The number of carboxylic acids is 1. The van der Waals surface area contributed by atoms with E-state index >= 15 is 0 Å². The second kappa shape index (κ2) is 7.46. The summed E-state index contributed by atoms with van der Waals surface area (Å²) in [6, 6.07) is -1.88. The van der Waals surface area contributed by atoms with Crippen LogP contribution in [0, 0.1) is 0 Å². The Hall–Kier alpha value is -2.12. The number of amides is 2. The molecule has 1 fully saturated rings. The first-order valence-corrected chi connectivity index (χ1v) is 6.42. The van der Waals surface area contributed by atoms with Gasteiger partial charge in [0.15, 0.2) is 0 Å². The molecule has 20 heavy (non-hydrogen) atoms. The van der Waals surface area contributed by atoms with Gasteiger partial charge in [-0.3, -0.25) is 14.4 Å². The topological polar surface area (TPSA) is 122 Å². The second-order valence-electron chi connectivity index (χ2n) is 4.40. The maximum atomic E-state index is 11.8. The highest BCUT2D eigenvalue weighted by Crippen LogP contribution is 2.08. The van der Waals surface area contributed by atoms with Crippen molar-refractivity contribution in [3.05, 3.63) is 0 Å². The number of nitrogens with one attached hydrogen (secondary N) is 2. The SMILES string of the molecule is CCOC(=O)CC[C@H](NC(=O)[C@H]1CCC(=O)N1)C(=O)O. The minimum atomic E-state index is -1.23. The van der Waals surface area contributed by atoms with Crippen molar-refractivity contribution in [2.45, 2.75) is 44.7 Å². The summed E-state index contributed by atoms with van der Waals surface area (Å²) in [5, 5.41) is 13.8. The molecule has 0 spiro atoms. The highest BCUT2D eigenvalue weighted by atomic mass is 16.5. The van der Waals surface area contributed by atoms with Gasteiger partial charge in [-0.2, -0.15) is 0 Å². The molecule has 0 saturated carbocycles. The third kappa shape index (κ3) is 4.87. The third-order valence-electron chi connectivity index (χ3n) is 2.87. The minimum absolute atomic E-state index is 0.0550. The van der Waals surface area contributed by atoms with E-state index < -0.39 is 29.9 Å². The largest absolute Gasteiger partial charge is 0.480 e. The summed E-state index contributed by atoms with van der Waals surface area (Å²) in [5.74, 6) is -2.52. The van der Waals surface area contributed by atoms with Gasteiger partial charge in [-0.1, -0.05) is 0 Å². The lowest BCUT2D eigenvalue weighted by Gasteiger charge is -2.17. The van der Waals surface area contributed by atoms with Crippen molar-refractivity contribution in [1.29, 1.82) is 0 Å². The third-order valence-corrected chi connectivity index (χ3v) is 2.87. The zero-order chi connectivity index (χ0) is 15.1. The maximum Gasteiger partial charge on any atom is 0.326 e. The normalized spacial score (nSPS) is 19.1. The average Bonchev–Trinajstić information content (AvgIpc) is 2.81. The van der Waals surface area contributed by atoms with Crippen molar-refractivity contribution < 1.29 is 29.0 Å². The summed E-state index contributed by atoms with van der Waals surface area (Å²) in [5.41, 5.74) is 0. The van der Waals surface area contributed by atoms with Gasteiger partial charge in [-0.25, -0.2) is 4.79 Å². The van der Waals surface area contributed by atoms with Crippen molar-refractivity contribution >= 4 is 23.8 Å². The Bertz CT molecular complexity index is 409. The fourth-order valence-corrected chi connectivity index (χ4v) is 1.84. The van der Waals surface area contributed by atoms with E-state index in [-0.39, 0.29) is 31.8 Å². The Morgan fingerprint density at radius 2 is 2.20 bits per heavy atom. The average molecular weight is 286 g/mol. The predicted octanol–water partition coefficient (Wildman–Crippen LogP) is -0.822. The van der Waals surface area contributed by atoms with Crippen LogP contribution in [0.5, 0.6) is 0 Å². The van der Waals surface area contributed by atoms with Crippen molar-refractivity contribution in [1.82, 2.24) is 10.6 Å². The molecule has 0 aliphatic carbocycles. The molecule has 0 bridgehead atoms. The van der Waals surface area contributed by atoms with Crippen LogP contribution >= 0.6 is 0 Å². The fraction of sp³-hybridized carbons (Fsp3) is 0.667. The van der Waals surface area contributed by atoms with Gasteiger partial charge in [-0.05, 0) is 19.8 Å². The lowest BCUT2D eigenvalue weighted by Crippen LogP contribution is -2.48. The molecule has 1 aliphatic heterocycles.